The number of ether oxygens (including phenoxy) is 1. The van der Waals surface area contributed by atoms with Crippen LogP contribution in [0, 0.1) is 13.8 Å². The van der Waals surface area contributed by atoms with E-state index in [1.807, 2.05) is 42.7 Å². The van der Waals surface area contributed by atoms with Crippen LogP contribution in [0.15, 0.2) is 42.5 Å². The van der Waals surface area contributed by atoms with E-state index in [1.54, 1.807) is 19.9 Å². The maximum Gasteiger partial charge on any atom is 0.305 e. The van der Waals surface area contributed by atoms with E-state index in [0.29, 0.717) is 43.5 Å². The summed E-state index contributed by atoms with van der Waals surface area (Å²) in [5, 5.41) is 21.1. The summed E-state index contributed by atoms with van der Waals surface area (Å²) in [6.07, 6.45) is 4.96. The number of nitrogens with one attached hydrogen (secondary N) is 4. The number of rotatable bonds is 20. The molecule has 14 heteroatoms. The van der Waals surface area contributed by atoms with E-state index in [4.69, 9.17) is 5.73 Å². The monoisotopic (exact) mass is 707 g/mol. The molecule has 12 nitrogen and oxygen atoms in total. The van der Waals surface area contributed by atoms with Crippen LogP contribution in [0.1, 0.15) is 54.4 Å². The van der Waals surface area contributed by atoms with E-state index < -0.39 is 42.4 Å². The number of hydrogen-bond acceptors (Lipinski definition) is 9. The first kappa shape index (κ1) is 42.2. The number of amides is 4. The van der Waals surface area contributed by atoms with Crippen molar-refractivity contribution in [3.63, 3.8) is 0 Å². The SMILES string of the molecule is COC(=O)CCCCCNC(=O)[C@H](Cc1ccccc1)NC(=O)CNC(=O)[C@@H](CCSC)NC(=O)C(N)Cc1ccc(C)c(O)c1C.Cl. The summed E-state index contributed by atoms with van der Waals surface area (Å²) in [4.78, 5) is 63.3. The number of esters is 1. The highest BCUT2D eigenvalue weighted by Crippen LogP contribution is 2.25. The van der Waals surface area contributed by atoms with Crippen LogP contribution < -0.4 is 27.0 Å². The average molecular weight is 708 g/mol. The number of unbranched alkanes of at least 4 members (excludes halogenated alkanes) is 2. The summed E-state index contributed by atoms with van der Waals surface area (Å²) in [5.41, 5.74) is 9.12. The quantitative estimate of drug-likeness (QED) is 0.0886. The van der Waals surface area contributed by atoms with Gasteiger partial charge in [-0.05, 0) is 73.8 Å². The number of phenolic OH excluding ortho intramolecular Hbond substituents is 1. The van der Waals surface area contributed by atoms with Crippen LogP contribution >= 0.6 is 24.2 Å². The molecule has 3 atom stereocenters. The van der Waals surface area contributed by atoms with E-state index in [-0.39, 0.29) is 42.9 Å². The zero-order chi connectivity index (χ0) is 34.8. The first-order valence-corrected chi connectivity index (χ1v) is 17.1. The Morgan fingerprint density at radius 2 is 1.56 bits per heavy atom. The van der Waals surface area contributed by atoms with Gasteiger partial charge in [-0.2, -0.15) is 11.8 Å². The molecule has 2 aromatic carbocycles. The number of benzene rings is 2. The number of nitrogens with two attached hydrogens (primary N) is 1. The molecule has 1 unspecified atom stereocenters. The lowest BCUT2D eigenvalue weighted by Gasteiger charge is -2.22. The Morgan fingerprint density at radius 1 is 0.875 bits per heavy atom. The molecule has 0 saturated carbocycles. The molecule has 4 amide bonds. The molecule has 266 valence electrons. The minimum Gasteiger partial charge on any atom is -0.507 e. The molecular formula is C34H50ClN5O7S. The lowest BCUT2D eigenvalue weighted by Crippen LogP contribution is -2.54. The van der Waals surface area contributed by atoms with E-state index in [2.05, 4.69) is 26.0 Å². The van der Waals surface area contributed by atoms with Crippen LogP contribution in [0.5, 0.6) is 5.75 Å². The van der Waals surface area contributed by atoms with Crippen molar-refractivity contribution in [1.82, 2.24) is 21.3 Å². The maximum absolute atomic E-state index is 13.1. The molecule has 0 saturated heterocycles. The second-order valence-corrected chi connectivity index (χ2v) is 12.4. The Balaban J connectivity index is 0.0000115. The van der Waals surface area contributed by atoms with E-state index in [1.165, 1.54) is 18.9 Å². The van der Waals surface area contributed by atoms with Gasteiger partial charge in [0.1, 0.15) is 17.8 Å². The number of carbonyl (C=O) groups is 5. The van der Waals surface area contributed by atoms with E-state index in [9.17, 15) is 29.1 Å². The second kappa shape index (κ2) is 22.7. The number of methoxy groups -OCH3 is 1. The van der Waals surface area contributed by atoms with Gasteiger partial charge in [0.2, 0.25) is 23.6 Å². The molecule has 0 spiro atoms. The second-order valence-electron chi connectivity index (χ2n) is 11.4. The number of halogens is 1. The van der Waals surface area contributed by atoms with Crippen molar-refractivity contribution in [1.29, 1.82) is 0 Å². The standard InChI is InChI=1S/C34H49N5O7S.ClH/c1-22-14-15-25(23(2)31(22)42)20-26(35)32(43)39-27(16-18-47-4)33(44)37-21-29(40)38-28(19-24-11-7-5-8-12-24)34(45)36-17-10-6-9-13-30(41)46-3;/h5,7-8,11-12,14-15,26-28,42H,6,9-10,13,16-21,35H2,1-4H3,(H,36,45)(H,37,44)(H,38,40)(H,39,43);1H/t26?,27-,28+;/m1./s1. The van der Waals surface area contributed by atoms with Crippen molar-refractivity contribution < 1.29 is 33.8 Å². The molecule has 7 N–H and O–H groups in total. The third-order valence-electron chi connectivity index (χ3n) is 7.71. The fourth-order valence-corrected chi connectivity index (χ4v) is 5.29. The summed E-state index contributed by atoms with van der Waals surface area (Å²) in [7, 11) is 1.34. The summed E-state index contributed by atoms with van der Waals surface area (Å²) >= 11 is 1.51. The number of aryl methyl sites for hydroxylation is 1. The molecule has 0 aliphatic heterocycles. The zero-order valence-corrected chi connectivity index (χ0v) is 29.8. The molecule has 0 radical (unpaired) electrons. The number of aromatic hydroxyl groups is 1. The van der Waals surface area contributed by atoms with Gasteiger partial charge in [-0.25, -0.2) is 0 Å². The van der Waals surface area contributed by atoms with Crippen LogP contribution in [0.2, 0.25) is 0 Å². The van der Waals surface area contributed by atoms with Crippen LogP contribution in [0.4, 0.5) is 0 Å². The van der Waals surface area contributed by atoms with Gasteiger partial charge in [-0.15, -0.1) is 12.4 Å². The lowest BCUT2D eigenvalue weighted by atomic mass is 9.98. The van der Waals surface area contributed by atoms with Gasteiger partial charge in [-0.3, -0.25) is 24.0 Å². The summed E-state index contributed by atoms with van der Waals surface area (Å²) in [6.45, 7) is 3.52. The highest BCUT2D eigenvalue weighted by Gasteiger charge is 2.26. The predicted octanol–water partition coefficient (Wildman–Crippen LogP) is 2.23. The van der Waals surface area contributed by atoms with Gasteiger partial charge in [0.25, 0.3) is 0 Å². The van der Waals surface area contributed by atoms with Gasteiger partial charge in [0.05, 0.1) is 19.7 Å². The first-order chi connectivity index (χ1) is 22.5. The summed E-state index contributed by atoms with van der Waals surface area (Å²) in [5.74, 6) is -1.54. The Bertz CT molecular complexity index is 1350. The smallest absolute Gasteiger partial charge is 0.305 e. The molecule has 2 aromatic rings. The largest absolute Gasteiger partial charge is 0.507 e. The topological polar surface area (TPSA) is 189 Å². The number of carbonyl (C=O) groups excluding carboxylic acids is 5. The normalized spacial score (nSPS) is 12.4. The zero-order valence-electron chi connectivity index (χ0n) is 28.1. The molecule has 0 bridgehead atoms. The van der Waals surface area contributed by atoms with Crippen molar-refractivity contribution in [2.45, 2.75) is 76.9 Å². The molecular weight excluding hydrogens is 658 g/mol. The third-order valence-corrected chi connectivity index (χ3v) is 8.35. The molecule has 0 fully saturated rings. The van der Waals surface area contributed by atoms with Crippen LogP contribution in [-0.2, 0) is 41.6 Å². The Kier molecular flexibility index (Phi) is 20.0. The molecule has 0 aliphatic carbocycles. The number of thioether (sulfide) groups is 1. The summed E-state index contributed by atoms with van der Waals surface area (Å²) < 4.78 is 4.63. The van der Waals surface area contributed by atoms with Crippen molar-refractivity contribution in [3.05, 3.63) is 64.7 Å². The van der Waals surface area contributed by atoms with Crippen molar-refractivity contribution in [2.75, 3.05) is 32.2 Å². The average Bonchev–Trinajstić information content (AvgIpc) is 3.06. The van der Waals surface area contributed by atoms with Gasteiger partial charge >= 0.3 is 5.97 Å². The van der Waals surface area contributed by atoms with Gasteiger partial charge in [0.15, 0.2) is 0 Å². The third kappa shape index (κ3) is 15.0. The number of phenols is 1. The highest BCUT2D eigenvalue weighted by atomic mass is 35.5. The maximum atomic E-state index is 13.1. The molecule has 0 aromatic heterocycles. The summed E-state index contributed by atoms with van der Waals surface area (Å²) in [6, 6.07) is 10.0. The van der Waals surface area contributed by atoms with Crippen LogP contribution in [0.25, 0.3) is 0 Å². The van der Waals surface area contributed by atoms with Crippen molar-refractivity contribution in [2.24, 2.45) is 5.73 Å². The Hall–Kier alpha value is -3.81. The van der Waals surface area contributed by atoms with Gasteiger partial charge in [-0.1, -0.05) is 48.9 Å². The lowest BCUT2D eigenvalue weighted by molar-refractivity contribution is -0.140. The Morgan fingerprint density at radius 3 is 2.23 bits per heavy atom. The molecule has 2 rings (SSSR count). The Labute approximate surface area is 293 Å². The van der Waals surface area contributed by atoms with Crippen molar-refractivity contribution in [3.8, 4) is 5.75 Å². The van der Waals surface area contributed by atoms with E-state index in [0.717, 1.165) is 23.1 Å². The van der Waals surface area contributed by atoms with Gasteiger partial charge < -0.3 is 36.8 Å². The minimum absolute atomic E-state index is 0. The van der Waals surface area contributed by atoms with Gasteiger partial charge in [0, 0.05) is 19.4 Å². The van der Waals surface area contributed by atoms with E-state index >= 15 is 0 Å². The first-order valence-electron chi connectivity index (χ1n) is 15.7. The minimum atomic E-state index is -0.964. The van der Waals surface area contributed by atoms with Crippen LogP contribution in [-0.4, -0.2) is 85.0 Å². The highest BCUT2D eigenvalue weighted by molar-refractivity contribution is 7.98. The van der Waals surface area contributed by atoms with Crippen molar-refractivity contribution >= 4 is 53.8 Å². The predicted molar refractivity (Wildman–Crippen MR) is 190 cm³/mol. The fraction of sp³-hybridized carbons (Fsp3) is 0.500. The van der Waals surface area contributed by atoms with Crippen LogP contribution in [0.3, 0.4) is 0 Å². The molecule has 48 heavy (non-hydrogen) atoms. The number of hydrogen-bond donors (Lipinski definition) is 6. The molecule has 0 aliphatic rings. The molecule has 0 heterocycles. The fourth-order valence-electron chi connectivity index (χ4n) is 4.81.